The van der Waals surface area contributed by atoms with E-state index in [9.17, 15) is 13.6 Å². The molecule has 6 heteroatoms. The van der Waals surface area contributed by atoms with Gasteiger partial charge in [0.25, 0.3) is 5.91 Å². The molecule has 0 unspecified atom stereocenters. The van der Waals surface area contributed by atoms with E-state index in [4.69, 9.17) is 5.73 Å². The predicted molar refractivity (Wildman–Crippen MR) is 78.2 cm³/mol. The molecule has 20 heavy (non-hydrogen) atoms. The monoisotopic (exact) mass is 306 g/mol. The maximum Gasteiger partial charge on any atom is 0.254 e. The van der Waals surface area contributed by atoms with Gasteiger partial charge >= 0.3 is 0 Å². The second-order valence-corrected chi connectivity index (χ2v) is 4.83. The summed E-state index contributed by atoms with van der Waals surface area (Å²) in [6, 6.07) is 1.93. The number of halogens is 3. The second kappa shape index (κ2) is 7.55. The fourth-order valence-corrected chi connectivity index (χ4v) is 1.68. The number of nitrogens with two attached hydrogens (primary N) is 1. The summed E-state index contributed by atoms with van der Waals surface area (Å²) in [4.78, 5) is 11.9. The van der Waals surface area contributed by atoms with Crippen molar-refractivity contribution in [2.75, 3.05) is 6.54 Å². The Morgan fingerprint density at radius 2 is 1.80 bits per heavy atom. The van der Waals surface area contributed by atoms with Crippen molar-refractivity contribution in [1.29, 1.82) is 0 Å². The van der Waals surface area contributed by atoms with Gasteiger partial charge in [0.2, 0.25) is 0 Å². The fraction of sp³-hybridized carbons (Fsp3) is 0.500. The van der Waals surface area contributed by atoms with Crippen LogP contribution in [0.15, 0.2) is 12.1 Å². The van der Waals surface area contributed by atoms with Gasteiger partial charge in [0.15, 0.2) is 0 Å². The maximum absolute atomic E-state index is 13.5. The fourth-order valence-electron chi connectivity index (χ4n) is 1.68. The van der Waals surface area contributed by atoms with Gasteiger partial charge in [0.05, 0.1) is 5.56 Å². The SMILES string of the molecule is CCC(N)(CC)CNC(=O)c1cc(C)c(F)cc1F.Cl. The zero-order valence-electron chi connectivity index (χ0n) is 11.9. The Morgan fingerprint density at radius 3 is 2.30 bits per heavy atom. The smallest absolute Gasteiger partial charge is 0.254 e. The van der Waals surface area contributed by atoms with Crippen molar-refractivity contribution in [3.63, 3.8) is 0 Å². The van der Waals surface area contributed by atoms with Crippen LogP contribution in [-0.2, 0) is 0 Å². The van der Waals surface area contributed by atoms with E-state index in [1.54, 1.807) is 0 Å². The lowest BCUT2D eigenvalue weighted by Crippen LogP contribution is -2.49. The molecular weight excluding hydrogens is 286 g/mol. The van der Waals surface area contributed by atoms with Crippen molar-refractivity contribution in [3.8, 4) is 0 Å². The van der Waals surface area contributed by atoms with Crippen LogP contribution < -0.4 is 11.1 Å². The maximum atomic E-state index is 13.5. The van der Waals surface area contributed by atoms with Crippen molar-refractivity contribution in [1.82, 2.24) is 5.32 Å². The van der Waals surface area contributed by atoms with Crippen molar-refractivity contribution in [3.05, 3.63) is 34.9 Å². The first kappa shape index (κ1) is 18.8. The van der Waals surface area contributed by atoms with E-state index in [-0.39, 0.29) is 30.1 Å². The first-order chi connectivity index (χ1) is 8.83. The molecule has 0 aliphatic carbocycles. The summed E-state index contributed by atoms with van der Waals surface area (Å²) in [5.74, 6) is -2.10. The molecule has 3 nitrogen and oxygen atoms in total. The molecule has 3 N–H and O–H groups in total. The molecule has 0 aliphatic rings. The minimum absolute atomic E-state index is 0. The molecule has 0 aliphatic heterocycles. The summed E-state index contributed by atoms with van der Waals surface area (Å²) in [6.45, 7) is 5.60. The molecule has 1 aromatic rings. The average molecular weight is 307 g/mol. The normalized spacial score (nSPS) is 10.9. The van der Waals surface area contributed by atoms with E-state index in [1.165, 1.54) is 13.0 Å². The van der Waals surface area contributed by atoms with Gasteiger partial charge in [-0.15, -0.1) is 12.4 Å². The van der Waals surface area contributed by atoms with Crippen molar-refractivity contribution < 1.29 is 13.6 Å². The van der Waals surface area contributed by atoms with Gasteiger partial charge in [0.1, 0.15) is 11.6 Å². The van der Waals surface area contributed by atoms with Gasteiger partial charge in [-0.25, -0.2) is 8.78 Å². The summed E-state index contributed by atoms with van der Waals surface area (Å²) in [6.07, 6.45) is 1.41. The Hall–Kier alpha value is -1.20. The minimum Gasteiger partial charge on any atom is -0.350 e. The van der Waals surface area contributed by atoms with Crippen molar-refractivity contribution in [2.45, 2.75) is 39.2 Å². The number of rotatable bonds is 5. The lowest BCUT2D eigenvalue weighted by Gasteiger charge is -2.26. The second-order valence-electron chi connectivity index (χ2n) is 4.83. The molecule has 0 atom stereocenters. The largest absolute Gasteiger partial charge is 0.350 e. The number of amides is 1. The molecule has 0 saturated heterocycles. The van der Waals surface area contributed by atoms with Gasteiger partial charge in [-0.05, 0) is 31.4 Å². The van der Waals surface area contributed by atoms with Crippen molar-refractivity contribution in [2.24, 2.45) is 5.73 Å². The molecule has 1 rings (SSSR count). The highest BCUT2D eigenvalue weighted by molar-refractivity contribution is 5.94. The zero-order chi connectivity index (χ0) is 14.6. The number of carbonyl (C=O) groups excluding carboxylic acids is 1. The van der Waals surface area contributed by atoms with Crippen LogP contribution in [0, 0.1) is 18.6 Å². The Morgan fingerprint density at radius 1 is 1.25 bits per heavy atom. The molecule has 0 heterocycles. The number of nitrogens with one attached hydrogen (secondary N) is 1. The number of hydrogen-bond acceptors (Lipinski definition) is 2. The van der Waals surface area contributed by atoms with E-state index < -0.39 is 23.1 Å². The Balaban J connectivity index is 0.00000361. The Labute approximate surface area is 124 Å². The summed E-state index contributed by atoms with van der Waals surface area (Å²) >= 11 is 0. The quantitative estimate of drug-likeness (QED) is 0.879. The van der Waals surface area contributed by atoms with Gasteiger partial charge in [-0.2, -0.15) is 0 Å². The highest BCUT2D eigenvalue weighted by Crippen LogP contribution is 2.15. The van der Waals surface area contributed by atoms with Crippen LogP contribution in [0.4, 0.5) is 8.78 Å². The molecular formula is C14H21ClF2N2O. The Bertz CT molecular complexity index is 476. The number of aryl methyl sites for hydroxylation is 1. The van der Waals surface area contributed by atoms with Gasteiger partial charge in [-0.1, -0.05) is 13.8 Å². The molecule has 1 aromatic carbocycles. The number of benzene rings is 1. The summed E-state index contributed by atoms with van der Waals surface area (Å²) < 4.78 is 26.6. The number of carbonyl (C=O) groups is 1. The van der Waals surface area contributed by atoms with Crippen LogP contribution in [-0.4, -0.2) is 18.0 Å². The van der Waals surface area contributed by atoms with E-state index in [0.717, 1.165) is 6.07 Å². The Kier molecular flexibility index (Phi) is 7.09. The lowest BCUT2D eigenvalue weighted by atomic mass is 9.94. The van der Waals surface area contributed by atoms with Gasteiger partial charge in [0, 0.05) is 18.2 Å². The average Bonchev–Trinajstić information content (AvgIpc) is 2.39. The summed E-state index contributed by atoms with van der Waals surface area (Å²) in [5, 5.41) is 2.60. The molecule has 0 spiro atoms. The molecule has 0 fully saturated rings. The van der Waals surface area contributed by atoms with Crippen LogP contribution in [0.1, 0.15) is 42.6 Å². The predicted octanol–water partition coefficient (Wildman–Crippen LogP) is 2.94. The zero-order valence-corrected chi connectivity index (χ0v) is 12.7. The highest BCUT2D eigenvalue weighted by Gasteiger charge is 2.22. The topological polar surface area (TPSA) is 55.1 Å². The van der Waals surface area contributed by atoms with E-state index in [1.807, 2.05) is 13.8 Å². The lowest BCUT2D eigenvalue weighted by molar-refractivity contribution is 0.0938. The van der Waals surface area contributed by atoms with Gasteiger partial charge < -0.3 is 11.1 Å². The minimum atomic E-state index is -0.865. The third kappa shape index (κ3) is 4.42. The third-order valence-electron chi connectivity index (χ3n) is 3.50. The molecule has 0 radical (unpaired) electrons. The molecule has 114 valence electrons. The van der Waals surface area contributed by atoms with Crippen LogP contribution in [0.2, 0.25) is 0 Å². The first-order valence-corrected chi connectivity index (χ1v) is 6.35. The molecule has 1 amide bonds. The molecule has 0 bridgehead atoms. The van der Waals surface area contributed by atoms with Crippen molar-refractivity contribution >= 4 is 18.3 Å². The van der Waals surface area contributed by atoms with E-state index in [2.05, 4.69) is 5.32 Å². The first-order valence-electron chi connectivity index (χ1n) is 6.35. The molecule has 0 saturated carbocycles. The van der Waals surface area contributed by atoms with E-state index in [0.29, 0.717) is 12.8 Å². The standard InChI is InChI=1S/C14H20F2N2O.ClH/c1-4-14(17,5-2)8-18-13(19)10-6-9(3)11(15)7-12(10)16;/h6-7H,4-5,8,17H2,1-3H3,(H,18,19);1H. The van der Waals surface area contributed by atoms with Gasteiger partial charge in [-0.3, -0.25) is 4.79 Å². The van der Waals surface area contributed by atoms with Crippen LogP contribution >= 0.6 is 12.4 Å². The highest BCUT2D eigenvalue weighted by atomic mass is 35.5. The van der Waals surface area contributed by atoms with Crippen LogP contribution in [0.5, 0.6) is 0 Å². The summed E-state index contributed by atoms with van der Waals surface area (Å²) in [5.41, 5.74) is 5.62. The summed E-state index contributed by atoms with van der Waals surface area (Å²) in [7, 11) is 0. The third-order valence-corrected chi connectivity index (χ3v) is 3.50. The van der Waals surface area contributed by atoms with Crippen LogP contribution in [0.3, 0.4) is 0 Å². The van der Waals surface area contributed by atoms with E-state index >= 15 is 0 Å². The number of hydrogen-bond donors (Lipinski definition) is 2. The molecule has 0 aromatic heterocycles. The van der Waals surface area contributed by atoms with Crippen LogP contribution in [0.25, 0.3) is 0 Å².